The Hall–Kier alpha value is -2.53. The van der Waals surface area contributed by atoms with Crippen molar-refractivity contribution in [2.75, 3.05) is 19.6 Å². The molecule has 0 radical (unpaired) electrons. The van der Waals surface area contributed by atoms with Crippen molar-refractivity contribution in [3.63, 3.8) is 0 Å². The molecule has 1 atom stereocenters. The van der Waals surface area contributed by atoms with E-state index in [1.54, 1.807) is 6.07 Å². The summed E-state index contributed by atoms with van der Waals surface area (Å²) in [7, 11) is 0. The van der Waals surface area contributed by atoms with Crippen molar-refractivity contribution in [2.45, 2.75) is 72.4 Å². The zero-order valence-electron chi connectivity index (χ0n) is 21.0. The average molecular weight is 465 g/mol. The number of rotatable bonds is 6. The molecule has 1 amide bonds. The van der Waals surface area contributed by atoms with Crippen molar-refractivity contribution < 1.29 is 14.0 Å². The lowest BCUT2D eigenvalue weighted by molar-refractivity contribution is -0.140. The fraction of sp³-hybridized carbons (Fsp3) is 0.517. The Morgan fingerprint density at radius 1 is 1.00 bits per heavy atom. The summed E-state index contributed by atoms with van der Waals surface area (Å²) in [6.45, 7) is 11.0. The van der Waals surface area contributed by atoms with Crippen LogP contribution < -0.4 is 0 Å². The summed E-state index contributed by atoms with van der Waals surface area (Å²) in [6, 6.07) is 9.01. The van der Waals surface area contributed by atoms with Gasteiger partial charge in [-0.15, -0.1) is 0 Å². The molecule has 2 fully saturated rings. The van der Waals surface area contributed by atoms with Gasteiger partial charge in [-0.05, 0) is 80.5 Å². The molecule has 182 valence electrons. The molecular formula is C29H37FN2O2. The van der Waals surface area contributed by atoms with Gasteiger partial charge in [0.1, 0.15) is 5.82 Å². The Morgan fingerprint density at radius 2 is 1.71 bits per heavy atom. The van der Waals surface area contributed by atoms with Crippen LogP contribution in [0, 0.1) is 32.5 Å². The standard InChI is InChI=1S/C29H37FN2O2/c1-19-8-7-11-27(21(19)3)28(33)16-24-14-26(30)15-25(22(24)4)18-31-12-13-32(20(2)17-31)29(34)23-9-5-6-10-23/h7-8,11,14-15,20,23H,5-6,9-10,12-13,16-18H2,1-4H3/t20-/m0/s1. The van der Waals surface area contributed by atoms with Crippen molar-refractivity contribution in [2.24, 2.45) is 5.92 Å². The van der Waals surface area contributed by atoms with E-state index in [1.807, 2.05) is 39.0 Å². The number of aryl methyl sites for hydroxylation is 1. The van der Waals surface area contributed by atoms with E-state index in [-0.39, 0.29) is 30.0 Å². The Bertz CT molecular complexity index is 1070. The SMILES string of the molecule is Cc1cccc(C(=O)Cc2cc(F)cc(CN3CCN(C(=O)C4CCCC4)[C@@H](C)C3)c2C)c1C. The van der Waals surface area contributed by atoms with Crippen LogP contribution >= 0.6 is 0 Å². The lowest BCUT2D eigenvalue weighted by Crippen LogP contribution is -2.54. The number of halogens is 1. The molecule has 0 spiro atoms. The second-order valence-electron chi connectivity index (χ2n) is 10.3. The third-order valence-corrected chi connectivity index (χ3v) is 7.94. The van der Waals surface area contributed by atoms with Crippen molar-refractivity contribution in [1.82, 2.24) is 9.80 Å². The van der Waals surface area contributed by atoms with E-state index in [4.69, 9.17) is 0 Å². The van der Waals surface area contributed by atoms with Crippen molar-refractivity contribution in [3.05, 3.63) is 69.5 Å². The molecule has 4 nitrogen and oxygen atoms in total. The molecule has 2 aromatic carbocycles. The Morgan fingerprint density at radius 3 is 2.41 bits per heavy atom. The fourth-order valence-corrected chi connectivity index (χ4v) is 5.62. The third-order valence-electron chi connectivity index (χ3n) is 7.94. The van der Waals surface area contributed by atoms with E-state index in [0.29, 0.717) is 18.0 Å². The molecule has 4 rings (SSSR count). The number of ketones is 1. The molecular weight excluding hydrogens is 427 g/mol. The number of benzene rings is 2. The summed E-state index contributed by atoms with van der Waals surface area (Å²) in [5.41, 5.74) is 5.44. The van der Waals surface area contributed by atoms with E-state index in [0.717, 1.165) is 73.1 Å². The van der Waals surface area contributed by atoms with Gasteiger partial charge in [0.2, 0.25) is 5.91 Å². The molecule has 2 aliphatic rings. The van der Waals surface area contributed by atoms with Crippen LogP contribution in [0.3, 0.4) is 0 Å². The summed E-state index contributed by atoms with van der Waals surface area (Å²) in [5, 5.41) is 0. The maximum Gasteiger partial charge on any atom is 0.226 e. The second kappa shape index (κ2) is 10.4. The first-order valence-corrected chi connectivity index (χ1v) is 12.6. The monoisotopic (exact) mass is 464 g/mol. The number of nitrogens with zero attached hydrogens (tertiary/aromatic N) is 2. The highest BCUT2D eigenvalue weighted by Crippen LogP contribution is 2.28. The predicted molar refractivity (Wildman–Crippen MR) is 133 cm³/mol. The van der Waals surface area contributed by atoms with Crippen LogP contribution in [0.25, 0.3) is 0 Å². The smallest absolute Gasteiger partial charge is 0.226 e. The van der Waals surface area contributed by atoms with Gasteiger partial charge in [-0.25, -0.2) is 4.39 Å². The van der Waals surface area contributed by atoms with Gasteiger partial charge in [0.05, 0.1) is 0 Å². The van der Waals surface area contributed by atoms with E-state index in [9.17, 15) is 14.0 Å². The molecule has 34 heavy (non-hydrogen) atoms. The normalized spacial score (nSPS) is 19.6. The lowest BCUT2D eigenvalue weighted by atomic mass is 9.93. The highest BCUT2D eigenvalue weighted by molar-refractivity contribution is 5.99. The van der Waals surface area contributed by atoms with Crippen LogP contribution in [0.2, 0.25) is 0 Å². The summed E-state index contributed by atoms with van der Waals surface area (Å²) in [6.07, 6.45) is 4.58. The van der Waals surface area contributed by atoms with E-state index in [1.165, 1.54) is 6.07 Å². The fourth-order valence-electron chi connectivity index (χ4n) is 5.62. The molecule has 1 saturated heterocycles. The first-order chi connectivity index (χ1) is 16.2. The minimum Gasteiger partial charge on any atom is -0.337 e. The Balaban J connectivity index is 1.44. The zero-order chi connectivity index (χ0) is 24.4. The molecule has 1 aliphatic carbocycles. The maximum absolute atomic E-state index is 14.6. The number of piperazine rings is 1. The number of amides is 1. The molecule has 0 bridgehead atoms. The molecule has 0 aromatic heterocycles. The predicted octanol–water partition coefficient (Wildman–Crippen LogP) is 5.40. The molecule has 1 aliphatic heterocycles. The van der Waals surface area contributed by atoms with E-state index < -0.39 is 0 Å². The highest BCUT2D eigenvalue weighted by Gasteiger charge is 2.33. The summed E-state index contributed by atoms with van der Waals surface area (Å²) >= 11 is 0. The first kappa shape index (κ1) is 24.6. The van der Waals surface area contributed by atoms with Crippen LogP contribution in [-0.4, -0.2) is 47.2 Å². The molecule has 0 unspecified atom stereocenters. The topological polar surface area (TPSA) is 40.6 Å². The van der Waals surface area contributed by atoms with Gasteiger partial charge in [0.25, 0.3) is 0 Å². The highest BCUT2D eigenvalue weighted by atomic mass is 19.1. The molecule has 0 N–H and O–H groups in total. The average Bonchev–Trinajstić information content (AvgIpc) is 3.33. The van der Waals surface area contributed by atoms with Crippen LogP contribution in [0.5, 0.6) is 0 Å². The maximum atomic E-state index is 14.6. The number of hydrogen-bond donors (Lipinski definition) is 0. The van der Waals surface area contributed by atoms with Gasteiger partial charge in [-0.1, -0.05) is 31.0 Å². The van der Waals surface area contributed by atoms with Crippen LogP contribution in [0.4, 0.5) is 4.39 Å². The summed E-state index contributed by atoms with van der Waals surface area (Å²) in [4.78, 5) is 30.3. The number of carbonyl (C=O) groups excluding carboxylic acids is 2. The largest absolute Gasteiger partial charge is 0.337 e. The van der Waals surface area contributed by atoms with Gasteiger partial charge >= 0.3 is 0 Å². The quantitative estimate of drug-likeness (QED) is 0.538. The lowest BCUT2D eigenvalue weighted by Gasteiger charge is -2.41. The zero-order valence-corrected chi connectivity index (χ0v) is 21.0. The summed E-state index contributed by atoms with van der Waals surface area (Å²) < 4.78 is 14.6. The van der Waals surface area contributed by atoms with Crippen molar-refractivity contribution in [3.8, 4) is 0 Å². The molecule has 1 saturated carbocycles. The molecule has 1 heterocycles. The number of hydrogen-bond acceptors (Lipinski definition) is 3. The number of Topliss-reactive ketones (excluding diaryl/α,β-unsaturated/α-hetero) is 1. The van der Waals surface area contributed by atoms with Crippen molar-refractivity contribution >= 4 is 11.7 Å². The van der Waals surface area contributed by atoms with Gasteiger partial charge in [0, 0.05) is 50.1 Å². The first-order valence-electron chi connectivity index (χ1n) is 12.6. The number of carbonyl (C=O) groups is 2. The Kier molecular flexibility index (Phi) is 7.51. The van der Waals surface area contributed by atoms with Gasteiger partial charge in [-0.3, -0.25) is 14.5 Å². The van der Waals surface area contributed by atoms with Crippen LogP contribution in [-0.2, 0) is 17.8 Å². The van der Waals surface area contributed by atoms with Crippen molar-refractivity contribution in [1.29, 1.82) is 0 Å². The molecule has 5 heteroatoms. The van der Waals surface area contributed by atoms with E-state index >= 15 is 0 Å². The molecule has 2 aromatic rings. The van der Waals surface area contributed by atoms with Crippen LogP contribution in [0.15, 0.2) is 30.3 Å². The van der Waals surface area contributed by atoms with Gasteiger partial charge < -0.3 is 4.90 Å². The van der Waals surface area contributed by atoms with Gasteiger partial charge in [-0.2, -0.15) is 0 Å². The second-order valence-corrected chi connectivity index (χ2v) is 10.3. The van der Waals surface area contributed by atoms with Crippen LogP contribution in [0.1, 0.15) is 70.8 Å². The Labute approximate surface area is 203 Å². The van der Waals surface area contributed by atoms with E-state index in [2.05, 4.69) is 16.7 Å². The minimum atomic E-state index is -0.299. The van der Waals surface area contributed by atoms with Gasteiger partial charge in [0.15, 0.2) is 5.78 Å². The summed E-state index contributed by atoms with van der Waals surface area (Å²) in [5.74, 6) is 0.247. The minimum absolute atomic E-state index is 0.0218. The third kappa shape index (κ3) is 5.25.